The molecule has 1 fully saturated rings. The maximum Gasteiger partial charge on any atom is 0.341 e. The molecule has 0 bridgehead atoms. The number of hydrogen-bond donors (Lipinski definition) is 1. The zero-order chi connectivity index (χ0) is 14.9. The van der Waals surface area contributed by atoms with Gasteiger partial charge in [0.25, 0.3) is 0 Å². The van der Waals surface area contributed by atoms with Gasteiger partial charge >= 0.3 is 16.2 Å². The molecule has 110 valence electrons. The summed E-state index contributed by atoms with van der Waals surface area (Å²) in [5.74, 6) is -0.890. The number of carbonyl (C=O) groups is 1. The normalized spacial score (nSPS) is 18.2. The first-order valence-electron chi connectivity index (χ1n) is 5.57. The Morgan fingerprint density at radius 3 is 2.70 bits per heavy atom. The molecule has 0 atom stereocenters. The number of nitrogens with zero attached hydrogens (tertiary/aromatic N) is 3. The number of pyridine rings is 1. The molecule has 8 nitrogen and oxygen atoms in total. The Bertz CT molecular complexity index is 636. The lowest BCUT2D eigenvalue weighted by molar-refractivity contribution is -0.139. The van der Waals surface area contributed by atoms with Gasteiger partial charge in [-0.3, -0.25) is 0 Å². The second-order valence-electron chi connectivity index (χ2n) is 4.04. The molecule has 1 aliphatic rings. The minimum absolute atomic E-state index is 0.0859. The Hall–Kier alpha value is -1.58. The lowest BCUT2D eigenvalue weighted by Gasteiger charge is -2.17. The molecule has 2 rings (SSSR count). The van der Waals surface area contributed by atoms with E-state index in [9.17, 15) is 13.2 Å². The summed E-state index contributed by atoms with van der Waals surface area (Å²) in [6, 6.07) is 2.81. The van der Waals surface area contributed by atoms with Gasteiger partial charge in [-0.25, -0.2) is 14.1 Å². The average Bonchev–Trinajstić information content (AvgIpc) is 2.62. The molecule has 2 heterocycles. The number of likely N-dealkylation sites (N-methyl/N-ethyl adjacent to an activating group) is 1. The second kappa shape index (κ2) is 5.43. The number of aliphatic carboxylic acids is 1. The summed E-state index contributed by atoms with van der Waals surface area (Å²) in [4.78, 5) is 14.3. The molecule has 0 aromatic carbocycles. The minimum Gasteiger partial charge on any atom is -0.479 e. The third-order valence-corrected chi connectivity index (χ3v) is 4.86. The summed E-state index contributed by atoms with van der Waals surface area (Å²) in [6.45, 7) is 0.0852. The fourth-order valence-electron chi connectivity index (χ4n) is 1.66. The summed E-state index contributed by atoms with van der Waals surface area (Å²) in [7, 11) is -2.09. The maximum atomic E-state index is 12.0. The predicted octanol–water partition coefficient (Wildman–Crippen LogP) is 0.195. The van der Waals surface area contributed by atoms with E-state index in [1.807, 2.05) is 0 Å². The average molecular weight is 322 g/mol. The van der Waals surface area contributed by atoms with E-state index in [1.54, 1.807) is 0 Å². The molecule has 20 heavy (non-hydrogen) atoms. The lowest BCUT2D eigenvalue weighted by atomic mass is 10.4. The molecule has 0 unspecified atom stereocenters. The Labute approximate surface area is 120 Å². The van der Waals surface area contributed by atoms with Crippen LogP contribution in [0.2, 0.25) is 5.15 Å². The van der Waals surface area contributed by atoms with E-state index in [1.165, 1.54) is 23.5 Å². The fourth-order valence-corrected chi connectivity index (χ4v) is 3.16. The van der Waals surface area contributed by atoms with Crippen molar-refractivity contribution in [1.29, 1.82) is 0 Å². The highest BCUT2D eigenvalue weighted by Crippen LogP contribution is 2.28. The fraction of sp³-hybridized carbons (Fsp3) is 0.400. The monoisotopic (exact) mass is 321 g/mol. The molecule has 1 aromatic rings. The number of carboxylic acid groups (broad SMARTS) is 1. The van der Waals surface area contributed by atoms with Gasteiger partial charge in [-0.2, -0.15) is 12.7 Å². The van der Waals surface area contributed by atoms with Gasteiger partial charge in [-0.15, -0.1) is 0 Å². The predicted molar refractivity (Wildman–Crippen MR) is 71.3 cm³/mol. The Morgan fingerprint density at radius 2 is 2.20 bits per heavy atom. The molecule has 0 aliphatic carbocycles. The maximum absolute atomic E-state index is 12.0. The van der Waals surface area contributed by atoms with E-state index < -0.39 is 22.8 Å². The van der Waals surface area contributed by atoms with Crippen LogP contribution in [0.15, 0.2) is 12.1 Å². The van der Waals surface area contributed by atoms with Gasteiger partial charge in [0.2, 0.25) is 0 Å². The zero-order valence-corrected chi connectivity index (χ0v) is 12.1. The summed E-state index contributed by atoms with van der Waals surface area (Å²) >= 11 is 5.86. The first kappa shape index (κ1) is 14.8. The number of halogens is 1. The largest absolute Gasteiger partial charge is 0.479 e. The molecule has 0 saturated carbocycles. The van der Waals surface area contributed by atoms with Gasteiger partial charge in [-0.1, -0.05) is 11.6 Å². The van der Waals surface area contributed by atoms with Crippen LogP contribution >= 0.6 is 11.6 Å². The number of rotatable bonds is 4. The molecule has 1 N–H and O–H groups in total. The summed E-state index contributed by atoms with van der Waals surface area (Å²) in [6.07, 6.45) is 0. The van der Waals surface area contributed by atoms with Gasteiger partial charge in [0.15, 0.2) is 17.5 Å². The van der Waals surface area contributed by atoms with E-state index in [-0.39, 0.29) is 23.3 Å². The van der Waals surface area contributed by atoms with Crippen molar-refractivity contribution in [3.63, 3.8) is 0 Å². The Kier molecular flexibility index (Phi) is 4.02. The van der Waals surface area contributed by atoms with E-state index >= 15 is 0 Å². The topological polar surface area (TPSA) is 100 Å². The van der Waals surface area contributed by atoms with E-state index in [0.717, 1.165) is 4.31 Å². The van der Waals surface area contributed by atoms with Crippen molar-refractivity contribution in [2.45, 2.75) is 0 Å². The van der Waals surface area contributed by atoms with Crippen LogP contribution in [0.1, 0.15) is 0 Å². The van der Waals surface area contributed by atoms with Crippen molar-refractivity contribution in [3.8, 4) is 5.75 Å². The summed E-state index contributed by atoms with van der Waals surface area (Å²) in [5, 5.41) is 8.42. The van der Waals surface area contributed by atoms with Crippen molar-refractivity contribution < 1.29 is 23.1 Å². The zero-order valence-electron chi connectivity index (χ0n) is 10.5. The number of hydrogen-bond acceptors (Lipinski definition) is 5. The van der Waals surface area contributed by atoms with Crippen LogP contribution in [0.4, 0.5) is 5.82 Å². The number of anilines is 1. The minimum atomic E-state index is -3.56. The number of ether oxygens (including phenoxy) is 1. The van der Waals surface area contributed by atoms with Crippen molar-refractivity contribution in [1.82, 2.24) is 9.29 Å². The van der Waals surface area contributed by atoms with Crippen LogP contribution in [-0.2, 0) is 15.0 Å². The molecule has 10 heteroatoms. The van der Waals surface area contributed by atoms with Crippen molar-refractivity contribution >= 4 is 33.6 Å². The first-order chi connectivity index (χ1) is 9.32. The number of carboxylic acids is 1. The third-order valence-electron chi connectivity index (χ3n) is 2.70. The summed E-state index contributed by atoms with van der Waals surface area (Å²) in [5.41, 5.74) is 0. The van der Waals surface area contributed by atoms with Crippen LogP contribution in [-0.4, -0.2) is 55.5 Å². The van der Waals surface area contributed by atoms with Gasteiger partial charge in [0.1, 0.15) is 5.82 Å². The van der Waals surface area contributed by atoms with Crippen LogP contribution in [0.5, 0.6) is 5.75 Å². The van der Waals surface area contributed by atoms with Gasteiger partial charge in [-0.05, 0) is 12.1 Å². The number of aromatic nitrogens is 1. The van der Waals surface area contributed by atoms with Crippen molar-refractivity contribution in [3.05, 3.63) is 17.3 Å². The van der Waals surface area contributed by atoms with Crippen LogP contribution < -0.4 is 9.04 Å². The van der Waals surface area contributed by atoms with Crippen LogP contribution in [0, 0.1) is 0 Å². The van der Waals surface area contributed by atoms with Crippen LogP contribution in [0.25, 0.3) is 0 Å². The summed E-state index contributed by atoms with van der Waals surface area (Å²) < 4.78 is 31.2. The van der Waals surface area contributed by atoms with Gasteiger partial charge in [0, 0.05) is 13.6 Å². The van der Waals surface area contributed by atoms with Crippen molar-refractivity contribution in [2.24, 2.45) is 0 Å². The standard InChI is InChI=1S/C10H12ClN3O5S/c1-13-4-5-14(20(13,17)18)8-3-2-7(10(11)12-8)19-6-9(15)16/h2-3H,4-6H2,1H3,(H,15,16). The first-order valence-corrected chi connectivity index (χ1v) is 7.35. The van der Waals surface area contributed by atoms with E-state index in [2.05, 4.69) is 4.98 Å². The smallest absolute Gasteiger partial charge is 0.341 e. The third kappa shape index (κ3) is 2.79. The van der Waals surface area contributed by atoms with Crippen LogP contribution in [0.3, 0.4) is 0 Å². The highest BCUT2D eigenvalue weighted by molar-refractivity contribution is 7.90. The Balaban J connectivity index is 2.24. The molecule has 1 aliphatic heterocycles. The molecule has 1 saturated heterocycles. The second-order valence-corrected chi connectivity index (χ2v) is 6.36. The molecular weight excluding hydrogens is 310 g/mol. The van der Waals surface area contributed by atoms with Gasteiger partial charge in [0.05, 0.1) is 6.54 Å². The molecular formula is C10H12ClN3O5S. The highest BCUT2D eigenvalue weighted by atomic mass is 35.5. The van der Waals surface area contributed by atoms with Crippen molar-refractivity contribution in [2.75, 3.05) is 31.0 Å². The quantitative estimate of drug-likeness (QED) is 0.795. The Morgan fingerprint density at radius 1 is 1.50 bits per heavy atom. The highest BCUT2D eigenvalue weighted by Gasteiger charge is 2.34. The van der Waals surface area contributed by atoms with Gasteiger partial charge < -0.3 is 9.84 Å². The molecule has 0 amide bonds. The lowest BCUT2D eigenvalue weighted by Crippen LogP contribution is -2.31. The SMILES string of the molecule is CN1CCN(c2ccc(OCC(=O)O)c(Cl)n2)S1(=O)=O. The molecule has 0 radical (unpaired) electrons. The molecule has 1 aromatic heterocycles. The molecule has 0 spiro atoms. The van der Waals surface area contributed by atoms with E-state index in [4.69, 9.17) is 21.4 Å². The van der Waals surface area contributed by atoms with E-state index in [0.29, 0.717) is 6.54 Å².